The standard InChI is InChI=1S/C10H9NO3/c1-7-8(10(12)13)3-2-4-9(7)14-6-5-11/h2-4H,6H2,1H3,(H,12,13). The maximum absolute atomic E-state index is 10.7. The van der Waals surface area contributed by atoms with Crippen LogP contribution >= 0.6 is 0 Å². The molecular formula is C10H9NO3. The fraction of sp³-hybridized carbons (Fsp3) is 0.200. The molecule has 0 heterocycles. The van der Waals surface area contributed by atoms with Gasteiger partial charge in [0.05, 0.1) is 5.56 Å². The van der Waals surface area contributed by atoms with Crippen LogP contribution in [0.2, 0.25) is 0 Å². The van der Waals surface area contributed by atoms with E-state index in [9.17, 15) is 4.79 Å². The fourth-order valence-electron chi connectivity index (χ4n) is 1.11. The molecule has 0 saturated heterocycles. The summed E-state index contributed by atoms with van der Waals surface area (Å²) in [6, 6.07) is 6.54. The Kier molecular flexibility index (Phi) is 3.08. The van der Waals surface area contributed by atoms with Crippen molar-refractivity contribution in [1.29, 1.82) is 5.26 Å². The van der Waals surface area contributed by atoms with E-state index in [1.54, 1.807) is 19.1 Å². The van der Waals surface area contributed by atoms with Gasteiger partial charge in [0.15, 0.2) is 6.61 Å². The highest BCUT2D eigenvalue weighted by atomic mass is 16.5. The third-order valence-corrected chi connectivity index (χ3v) is 1.81. The first-order chi connectivity index (χ1) is 6.66. The Morgan fingerprint density at radius 3 is 2.93 bits per heavy atom. The Bertz CT molecular complexity index is 393. The first kappa shape index (κ1) is 10.1. The predicted octanol–water partition coefficient (Wildman–Crippen LogP) is 1.60. The van der Waals surface area contributed by atoms with E-state index >= 15 is 0 Å². The summed E-state index contributed by atoms with van der Waals surface area (Å²) in [5.41, 5.74) is 0.732. The van der Waals surface area contributed by atoms with Gasteiger partial charge in [-0.15, -0.1) is 0 Å². The van der Waals surface area contributed by atoms with Gasteiger partial charge in [0, 0.05) is 5.56 Å². The number of aromatic carboxylic acids is 1. The molecule has 4 nitrogen and oxygen atoms in total. The predicted molar refractivity (Wildman–Crippen MR) is 49.2 cm³/mol. The van der Waals surface area contributed by atoms with Gasteiger partial charge in [-0.05, 0) is 19.1 Å². The second-order valence-electron chi connectivity index (χ2n) is 2.68. The summed E-state index contributed by atoms with van der Waals surface area (Å²) < 4.78 is 5.05. The molecule has 0 aliphatic rings. The summed E-state index contributed by atoms with van der Waals surface area (Å²) >= 11 is 0. The molecular weight excluding hydrogens is 182 g/mol. The molecule has 1 aromatic rings. The van der Waals surface area contributed by atoms with Gasteiger partial charge in [-0.25, -0.2) is 4.79 Å². The zero-order chi connectivity index (χ0) is 10.6. The highest BCUT2D eigenvalue weighted by molar-refractivity contribution is 5.90. The number of hydrogen-bond acceptors (Lipinski definition) is 3. The van der Waals surface area contributed by atoms with Crippen LogP contribution in [-0.4, -0.2) is 17.7 Å². The number of carboxylic acids is 1. The number of nitriles is 1. The smallest absolute Gasteiger partial charge is 0.336 e. The monoisotopic (exact) mass is 191 g/mol. The van der Waals surface area contributed by atoms with E-state index in [1.165, 1.54) is 6.07 Å². The van der Waals surface area contributed by atoms with Crippen molar-refractivity contribution >= 4 is 5.97 Å². The van der Waals surface area contributed by atoms with Crippen LogP contribution < -0.4 is 4.74 Å². The summed E-state index contributed by atoms with van der Waals surface area (Å²) in [5.74, 6) is -0.559. The Labute approximate surface area is 81.4 Å². The van der Waals surface area contributed by atoms with Crippen LogP contribution in [0.4, 0.5) is 0 Å². The minimum Gasteiger partial charge on any atom is -0.478 e. The van der Waals surface area contributed by atoms with E-state index in [1.807, 2.05) is 6.07 Å². The molecule has 1 rings (SSSR count). The van der Waals surface area contributed by atoms with Crippen LogP contribution in [0.1, 0.15) is 15.9 Å². The minimum absolute atomic E-state index is 0.0795. The molecule has 0 aliphatic carbocycles. The first-order valence-corrected chi connectivity index (χ1v) is 3.99. The number of carbonyl (C=O) groups is 1. The number of carboxylic acid groups (broad SMARTS) is 1. The fourth-order valence-corrected chi connectivity index (χ4v) is 1.11. The highest BCUT2D eigenvalue weighted by Crippen LogP contribution is 2.21. The molecule has 72 valence electrons. The molecule has 0 aromatic heterocycles. The Hall–Kier alpha value is -2.02. The van der Waals surface area contributed by atoms with Crippen molar-refractivity contribution in [2.24, 2.45) is 0 Å². The van der Waals surface area contributed by atoms with Crippen LogP contribution in [0.25, 0.3) is 0 Å². The number of rotatable bonds is 3. The van der Waals surface area contributed by atoms with Crippen LogP contribution in [0.5, 0.6) is 5.75 Å². The van der Waals surface area contributed by atoms with Crippen molar-refractivity contribution in [3.05, 3.63) is 29.3 Å². The minimum atomic E-state index is -0.995. The molecule has 1 N–H and O–H groups in total. The zero-order valence-corrected chi connectivity index (χ0v) is 7.65. The molecule has 1 aromatic carbocycles. The second kappa shape index (κ2) is 4.28. The summed E-state index contributed by atoms with van der Waals surface area (Å²) in [4.78, 5) is 10.7. The summed E-state index contributed by atoms with van der Waals surface area (Å²) in [5, 5.41) is 17.1. The normalized spacial score (nSPS) is 9.14. The molecule has 0 unspecified atom stereocenters. The van der Waals surface area contributed by atoms with E-state index < -0.39 is 5.97 Å². The third-order valence-electron chi connectivity index (χ3n) is 1.81. The number of hydrogen-bond donors (Lipinski definition) is 1. The Balaban J connectivity index is 3.02. The van der Waals surface area contributed by atoms with Crippen LogP contribution in [0.15, 0.2) is 18.2 Å². The number of ether oxygens (including phenoxy) is 1. The van der Waals surface area contributed by atoms with Gasteiger partial charge >= 0.3 is 5.97 Å². The second-order valence-corrected chi connectivity index (χ2v) is 2.68. The summed E-state index contributed by atoms with van der Waals surface area (Å²) in [7, 11) is 0. The summed E-state index contributed by atoms with van der Waals surface area (Å²) in [6.07, 6.45) is 0. The van der Waals surface area contributed by atoms with Gasteiger partial charge in [0.25, 0.3) is 0 Å². The number of benzene rings is 1. The molecule has 0 amide bonds. The van der Waals surface area contributed by atoms with Crippen LogP contribution in [0.3, 0.4) is 0 Å². The van der Waals surface area contributed by atoms with Gasteiger partial charge in [-0.1, -0.05) is 6.07 Å². The molecule has 0 fully saturated rings. The SMILES string of the molecule is Cc1c(OCC#N)cccc1C(=O)O. The lowest BCUT2D eigenvalue weighted by atomic mass is 10.1. The molecule has 0 bridgehead atoms. The van der Waals surface area contributed by atoms with Gasteiger partial charge in [-0.3, -0.25) is 0 Å². The van der Waals surface area contributed by atoms with Crippen molar-refractivity contribution in [3.8, 4) is 11.8 Å². The van der Waals surface area contributed by atoms with Crippen molar-refractivity contribution < 1.29 is 14.6 Å². The van der Waals surface area contributed by atoms with E-state index in [0.29, 0.717) is 11.3 Å². The van der Waals surface area contributed by atoms with Crippen molar-refractivity contribution in [2.75, 3.05) is 6.61 Å². The first-order valence-electron chi connectivity index (χ1n) is 3.99. The maximum Gasteiger partial charge on any atom is 0.336 e. The summed E-state index contributed by atoms with van der Waals surface area (Å²) in [6.45, 7) is 1.57. The van der Waals surface area contributed by atoms with E-state index in [4.69, 9.17) is 15.1 Å². The third kappa shape index (κ3) is 2.02. The molecule has 0 saturated carbocycles. The topological polar surface area (TPSA) is 70.3 Å². The Morgan fingerprint density at radius 1 is 1.64 bits per heavy atom. The highest BCUT2D eigenvalue weighted by Gasteiger charge is 2.10. The lowest BCUT2D eigenvalue weighted by Gasteiger charge is -2.07. The van der Waals surface area contributed by atoms with Crippen LogP contribution in [0, 0.1) is 18.3 Å². The van der Waals surface area contributed by atoms with Crippen LogP contribution in [-0.2, 0) is 0 Å². The van der Waals surface area contributed by atoms with E-state index in [0.717, 1.165) is 0 Å². The Morgan fingerprint density at radius 2 is 2.36 bits per heavy atom. The average Bonchev–Trinajstić information content (AvgIpc) is 2.16. The molecule has 0 aliphatic heterocycles. The lowest BCUT2D eigenvalue weighted by Crippen LogP contribution is -2.03. The quantitative estimate of drug-likeness (QED) is 0.787. The van der Waals surface area contributed by atoms with Crippen molar-refractivity contribution in [1.82, 2.24) is 0 Å². The number of nitrogens with zero attached hydrogens (tertiary/aromatic N) is 1. The van der Waals surface area contributed by atoms with Crippen molar-refractivity contribution in [3.63, 3.8) is 0 Å². The largest absolute Gasteiger partial charge is 0.478 e. The molecule has 14 heavy (non-hydrogen) atoms. The van der Waals surface area contributed by atoms with Crippen molar-refractivity contribution in [2.45, 2.75) is 6.92 Å². The lowest BCUT2D eigenvalue weighted by molar-refractivity contribution is 0.0695. The van der Waals surface area contributed by atoms with Gasteiger partial charge < -0.3 is 9.84 Å². The van der Waals surface area contributed by atoms with Gasteiger partial charge in [0.2, 0.25) is 0 Å². The molecule has 0 atom stereocenters. The molecule has 0 radical (unpaired) electrons. The zero-order valence-electron chi connectivity index (χ0n) is 7.65. The maximum atomic E-state index is 10.7. The van der Waals surface area contributed by atoms with E-state index in [2.05, 4.69) is 0 Å². The molecule has 0 spiro atoms. The van der Waals surface area contributed by atoms with E-state index in [-0.39, 0.29) is 12.2 Å². The van der Waals surface area contributed by atoms with Gasteiger partial charge in [0.1, 0.15) is 11.8 Å². The van der Waals surface area contributed by atoms with Gasteiger partial charge in [-0.2, -0.15) is 5.26 Å². The molecule has 4 heteroatoms. The average molecular weight is 191 g/mol.